The first kappa shape index (κ1) is 16.0. The van der Waals surface area contributed by atoms with Crippen LogP contribution in [0.25, 0.3) is 0 Å². The van der Waals surface area contributed by atoms with Crippen LogP contribution in [-0.4, -0.2) is 17.4 Å². The maximum absolute atomic E-state index is 12.5. The van der Waals surface area contributed by atoms with Crippen molar-refractivity contribution in [3.63, 3.8) is 0 Å². The van der Waals surface area contributed by atoms with Gasteiger partial charge in [-0.3, -0.25) is 9.78 Å². The average Bonchev–Trinajstić information content (AvgIpc) is 2.53. The van der Waals surface area contributed by atoms with Crippen LogP contribution < -0.4 is 5.32 Å². The highest BCUT2D eigenvalue weighted by atomic mass is 16.2. The van der Waals surface area contributed by atoms with E-state index in [0.29, 0.717) is 5.92 Å². The molecule has 0 aliphatic heterocycles. The zero-order chi connectivity index (χ0) is 15.3. The maximum Gasteiger partial charge on any atom is 0.230 e. The minimum absolute atomic E-state index is 0.105. The van der Waals surface area contributed by atoms with Crippen LogP contribution in [0.3, 0.4) is 0 Å². The van der Waals surface area contributed by atoms with Crippen molar-refractivity contribution in [1.29, 1.82) is 0 Å². The largest absolute Gasteiger partial charge is 0.355 e. The fraction of sp³-hybridized carbons (Fsp3) is 0.667. The molecule has 0 bridgehead atoms. The standard InChI is InChI=1S/C18H28N2O/c1-4-14-7-9-15(10-8-14)12-20-17(21)18(2,3)16-6-5-11-19-13-16/h5-6,11,13-15H,4,7-10,12H2,1-3H3,(H,20,21). The van der Waals surface area contributed by atoms with E-state index in [-0.39, 0.29) is 5.91 Å². The first-order valence-electron chi connectivity index (χ1n) is 8.22. The summed E-state index contributed by atoms with van der Waals surface area (Å²) >= 11 is 0. The van der Waals surface area contributed by atoms with Gasteiger partial charge in [0.2, 0.25) is 5.91 Å². The highest BCUT2D eigenvalue weighted by molar-refractivity contribution is 5.87. The quantitative estimate of drug-likeness (QED) is 0.897. The first-order chi connectivity index (χ1) is 10.0. The van der Waals surface area contributed by atoms with Crippen molar-refractivity contribution >= 4 is 5.91 Å². The van der Waals surface area contributed by atoms with E-state index in [1.54, 1.807) is 12.4 Å². The molecule has 1 amide bonds. The molecule has 3 nitrogen and oxygen atoms in total. The number of aromatic nitrogens is 1. The Balaban J connectivity index is 1.85. The third-order valence-corrected chi connectivity index (χ3v) is 5.05. The van der Waals surface area contributed by atoms with E-state index in [1.807, 2.05) is 26.0 Å². The van der Waals surface area contributed by atoms with Crippen LogP contribution in [0.1, 0.15) is 58.4 Å². The molecule has 0 aromatic carbocycles. The van der Waals surface area contributed by atoms with Crippen LogP contribution >= 0.6 is 0 Å². The van der Waals surface area contributed by atoms with Gasteiger partial charge in [-0.25, -0.2) is 0 Å². The zero-order valence-corrected chi connectivity index (χ0v) is 13.6. The molecule has 0 saturated heterocycles. The van der Waals surface area contributed by atoms with Crippen molar-refractivity contribution in [2.45, 2.75) is 58.3 Å². The molecule has 1 aromatic heterocycles. The number of nitrogens with zero attached hydrogens (tertiary/aromatic N) is 1. The van der Waals surface area contributed by atoms with Gasteiger partial charge in [0.15, 0.2) is 0 Å². The molecule has 1 N–H and O–H groups in total. The van der Waals surface area contributed by atoms with Gasteiger partial charge in [-0.1, -0.05) is 32.3 Å². The SMILES string of the molecule is CCC1CCC(CNC(=O)C(C)(C)c2cccnc2)CC1. The van der Waals surface area contributed by atoms with E-state index in [0.717, 1.165) is 18.0 Å². The smallest absolute Gasteiger partial charge is 0.230 e. The van der Waals surface area contributed by atoms with Crippen LogP contribution in [0.15, 0.2) is 24.5 Å². The van der Waals surface area contributed by atoms with Gasteiger partial charge in [0.1, 0.15) is 0 Å². The van der Waals surface area contributed by atoms with Crippen LogP contribution in [0.5, 0.6) is 0 Å². The topological polar surface area (TPSA) is 42.0 Å². The monoisotopic (exact) mass is 288 g/mol. The highest BCUT2D eigenvalue weighted by Gasteiger charge is 2.30. The summed E-state index contributed by atoms with van der Waals surface area (Å²) in [5.74, 6) is 1.67. The molecule has 1 aliphatic rings. The number of pyridine rings is 1. The van der Waals surface area contributed by atoms with Gasteiger partial charge in [0.05, 0.1) is 5.41 Å². The van der Waals surface area contributed by atoms with E-state index >= 15 is 0 Å². The van der Waals surface area contributed by atoms with Crippen LogP contribution in [0.2, 0.25) is 0 Å². The molecular weight excluding hydrogens is 260 g/mol. The molecule has 1 heterocycles. The van der Waals surface area contributed by atoms with Crippen molar-refractivity contribution in [3.8, 4) is 0 Å². The Morgan fingerprint density at radius 3 is 2.52 bits per heavy atom. The van der Waals surface area contributed by atoms with E-state index in [1.165, 1.54) is 32.1 Å². The summed E-state index contributed by atoms with van der Waals surface area (Å²) in [4.78, 5) is 16.6. The van der Waals surface area contributed by atoms with E-state index < -0.39 is 5.41 Å². The Bertz CT molecular complexity index is 448. The van der Waals surface area contributed by atoms with Crippen molar-refractivity contribution in [1.82, 2.24) is 10.3 Å². The Labute approximate surface area is 128 Å². The van der Waals surface area contributed by atoms with Gasteiger partial charge in [-0.2, -0.15) is 0 Å². The van der Waals surface area contributed by atoms with Gasteiger partial charge in [0.25, 0.3) is 0 Å². The number of nitrogens with one attached hydrogen (secondary N) is 1. The fourth-order valence-electron chi connectivity index (χ4n) is 3.17. The summed E-state index contributed by atoms with van der Waals surface area (Å²) in [7, 11) is 0. The zero-order valence-electron chi connectivity index (χ0n) is 13.6. The Hall–Kier alpha value is -1.38. The van der Waals surface area contributed by atoms with Crippen LogP contribution in [0, 0.1) is 11.8 Å². The molecule has 3 heteroatoms. The van der Waals surface area contributed by atoms with Crippen LogP contribution in [-0.2, 0) is 10.2 Å². The molecule has 116 valence electrons. The number of hydrogen-bond donors (Lipinski definition) is 1. The third kappa shape index (κ3) is 4.05. The summed E-state index contributed by atoms with van der Waals surface area (Å²) < 4.78 is 0. The van der Waals surface area contributed by atoms with Crippen molar-refractivity contribution in [2.24, 2.45) is 11.8 Å². The number of amides is 1. The molecule has 2 rings (SSSR count). The van der Waals surface area contributed by atoms with Crippen molar-refractivity contribution in [2.75, 3.05) is 6.54 Å². The average molecular weight is 288 g/mol. The molecular formula is C18H28N2O. The lowest BCUT2D eigenvalue weighted by Crippen LogP contribution is -2.42. The minimum atomic E-state index is -0.519. The molecule has 0 unspecified atom stereocenters. The van der Waals surface area contributed by atoms with Crippen molar-refractivity contribution < 1.29 is 4.79 Å². The molecule has 1 aliphatic carbocycles. The lowest BCUT2D eigenvalue weighted by atomic mass is 9.80. The lowest BCUT2D eigenvalue weighted by Gasteiger charge is -2.30. The van der Waals surface area contributed by atoms with E-state index in [9.17, 15) is 4.79 Å². The van der Waals surface area contributed by atoms with Gasteiger partial charge in [0, 0.05) is 18.9 Å². The van der Waals surface area contributed by atoms with E-state index in [4.69, 9.17) is 0 Å². The molecule has 1 fully saturated rings. The van der Waals surface area contributed by atoms with Gasteiger partial charge >= 0.3 is 0 Å². The minimum Gasteiger partial charge on any atom is -0.355 e. The second-order valence-electron chi connectivity index (χ2n) is 6.87. The second kappa shape index (κ2) is 7.06. The van der Waals surface area contributed by atoms with Gasteiger partial charge in [-0.05, 0) is 50.2 Å². The molecule has 0 spiro atoms. The second-order valence-corrected chi connectivity index (χ2v) is 6.87. The predicted octanol–water partition coefficient (Wildman–Crippen LogP) is 3.69. The molecule has 1 aromatic rings. The van der Waals surface area contributed by atoms with Crippen LogP contribution in [0.4, 0.5) is 0 Å². The summed E-state index contributed by atoms with van der Waals surface area (Å²) in [6, 6.07) is 3.86. The highest BCUT2D eigenvalue weighted by Crippen LogP contribution is 2.30. The fourth-order valence-corrected chi connectivity index (χ4v) is 3.17. The normalized spacial score (nSPS) is 22.8. The number of rotatable bonds is 5. The number of carbonyl (C=O) groups is 1. The molecule has 21 heavy (non-hydrogen) atoms. The predicted molar refractivity (Wildman–Crippen MR) is 86.0 cm³/mol. The number of hydrogen-bond acceptors (Lipinski definition) is 2. The van der Waals surface area contributed by atoms with Crippen molar-refractivity contribution in [3.05, 3.63) is 30.1 Å². The van der Waals surface area contributed by atoms with Gasteiger partial charge in [-0.15, -0.1) is 0 Å². The first-order valence-corrected chi connectivity index (χ1v) is 8.22. The lowest BCUT2D eigenvalue weighted by molar-refractivity contribution is -0.125. The molecule has 0 radical (unpaired) electrons. The summed E-state index contributed by atoms with van der Waals surface area (Å²) in [5, 5.41) is 3.16. The maximum atomic E-state index is 12.5. The van der Waals surface area contributed by atoms with E-state index in [2.05, 4.69) is 17.2 Å². The molecule has 0 atom stereocenters. The Morgan fingerprint density at radius 2 is 1.95 bits per heavy atom. The van der Waals surface area contributed by atoms with Gasteiger partial charge < -0.3 is 5.32 Å². The Morgan fingerprint density at radius 1 is 1.29 bits per heavy atom. The summed E-state index contributed by atoms with van der Waals surface area (Å²) in [5.41, 5.74) is 0.451. The molecule has 1 saturated carbocycles. The summed E-state index contributed by atoms with van der Waals surface area (Å²) in [6.07, 6.45) is 9.98. The summed E-state index contributed by atoms with van der Waals surface area (Å²) in [6.45, 7) is 7.03. The Kier molecular flexibility index (Phi) is 5.38. The third-order valence-electron chi connectivity index (χ3n) is 5.05. The number of carbonyl (C=O) groups excluding carboxylic acids is 1.